The van der Waals surface area contributed by atoms with Gasteiger partial charge in [-0.15, -0.1) is 0 Å². The maximum atomic E-state index is 12.0. The van der Waals surface area contributed by atoms with Gasteiger partial charge in [-0.05, 0) is 33.6 Å². The Morgan fingerprint density at radius 2 is 2.06 bits per heavy atom. The first kappa shape index (κ1) is 12.9. The molecule has 1 aromatic heterocycles. The summed E-state index contributed by atoms with van der Waals surface area (Å²) in [5.41, 5.74) is 5.86. The molecule has 1 fully saturated rings. The third-order valence-electron chi connectivity index (χ3n) is 3.12. The van der Waals surface area contributed by atoms with Crippen molar-refractivity contribution in [3.63, 3.8) is 0 Å². The lowest BCUT2D eigenvalue weighted by Gasteiger charge is -2.19. The van der Waals surface area contributed by atoms with Crippen LogP contribution in [0, 0.1) is 0 Å². The molecular formula is C13H21N3O2. The number of carbonyl (C=O) groups is 1. The fourth-order valence-electron chi connectivity index (χ4n) is 2.30. The van der Waals surface area contributed by atoms with Crippen LogP contribution < -0.4 is 5.73 Å². The van der Waals surface area contributed by atoms with Gasteiger partial charge in [-0.2, -0.15) is 5.10 Å². The number of aromatic nitrogens is 2. The molecule has 1 saturated carbocycles. The topological polar surface area (TPSA) is 70.1 Å². The molecule has 2 N–H and O–H groups in total. The van der Waals surface area contributed by atoms with Crippen LogP contribution in [0.15, 0.2) is 6.20 Å². The lowest BCUT2D eigenvalue weighted by atomic mass is 10.2. The molecule has 1 aliphatic rings. The second-order valence-electron chi connectivity index (χ2n) is 5.83. The van der Waals surface area contributed by atoms with Crippen LogP contribution in [-0.4, -0.2) is 21.4 Å². The van der Waals surface area contributed by atoms with E-state index < -0.39 is 11.6 Å². The van der Waals surface area contributed by atoms with Gasteiger partial charge in [-0.25, -0.2) is 9.48 Å². The van der Waals surface area contributed by atoms with Gasteiger partial charge in [0.1, 0.15) is 17.0 Å². The highest BCUT2D eigenvalue weighted by Crippen LogP contribution is 2.31. The van der Waals surface area contributed by atoms with Crippen molar-refractivity contribution in [2.75, 3.05) is 5.73 Å². The Bertz CT molecular complexity index is 440. The molecule has 5 heteroatoms. The SMILES string of the molecule is CC(C)(C)OC(=O)c1cnn(C2CCCC2)c1N. The third-order valence-corrected chi connectivity index (χ3v) is 3.12. The molecule has 5 nitrogen and oxygen atoms in total. The lowest BCUT2D eigenvalue weighted by Crippen LogP contribution is -2.24. The normalized spacial score (nSPS) is 17.1. The van der Waals surface area contributed by atoms with Crippen molar-refractivity contribution in [3.8, 4) is 0 Å². The summed E-state index contributed by atoms with van der Waals surface area (Å²) in [7, 11) is 0. The zero-order chi connectivity index (χ0) is 13.3. The van der Waals surface area contributed by atoms with Crippen LogP contribution in [0.4, 0.5) is 5.82 Å². The van der Waals surface area contributed by atoms with Crippen LogP contribution in [0.2, 0.25) is 0 Å². The second-order valence-corrected chi connectivity index (χ2v) is 5.83. The summed E-state index contributed by atoms with van der Waals surface area (Å²) < 4.78 is 7.08. The summed E-state index contributed by atoms with van der Waals surface area (Å²) in [5, 5.41) is 4.24. The predicted octanol–water partition coefficient (Wildman–Crippen LogP) is 2.54. The van der Waals surface area contributed by atoms with E-state index in [9.17, 15) is 4.79 Å². The van der Waals surface area contributed by atoms with E-state index >= 15 is 0 Å². The molecule has 0 bridgehead atoms. The average Bonchev–Trinajstić information content (AvgIpc) is 2.82. The maximum Gasteiger partial charge on any atom is 0.344 e. The van der Waals surface area contributed by atoms with E-state index in [1.165, 1.54) is 19.0 Å². The minimum atomic E-state index is -0.515. The second kappa shape index (κ2) is 4.63. The highest BCUT2D eigenvalue weighted by atomic mass is 16.6. The zero-order valence-corrected chi connectivity index (χ0v) is 11.3. The van der Waals surface area contributed by atoms with Crippen molar-refractivity contribution < 1.29 is 9.53 Å². The van der Waals surface area contributed by atoms with E-state index in [0.717, 1.165) is 12.8 Å². The van der Waals surface area contributed by atoms with Crippen molar-refractivity contribution in [2.24, 2.45) is 0 Å². The smallest absolute Gasteiger partial charge is 0.344 e. The quantitative estimate of drug-likeness (QED) is 0.820. The number of nitrogens with two attached hydrogens (primary N) is 1. The van der Waals surface area contributed by atoms with Crippen LogP contribution in [0.3, 0.4) is 0 Å². The first-order valence-corrected chi connectivity index (χ1v) is 6.45. The monoisotopic (exact) mass is 251 g/mol. The zero-order valence-electron chi connectivity index (χ0n) is 11.3. The fraction of sp³-hybridized carbons (Fsp3) is 0.692. The molecule has 0 spiro atoms. The molecule has 0 aliphatic heterocycles. The summed E-state index contributed by atoms with van der Waals surface area (Å²) in [6.45, 7) is 5.51. The number of anilines is 1. The number of nitrogens with zero attached hydrogens (tertiary/aromatic N) is 2. The van der Waals surface area contributed by atoms with Gasteiger partial charge in [-0.1, -0.05) is 12.8 Å². The van der Waals surface area contributed by atoms with Gasteiger partial charge < -0.3 is 10.5 Å². The molecule has 0 atom stereocenters. The Hall–Kier alpha value is -1.52. The van der Waals surface area contributed by atoms with Gasteiger partial charge in [0.15, 0.2) is 0 Å². The molecule has 0 aromatic carbocycles. The lowest BCUT2D eigenvalue weighted by molar-refractivity contribution is 0.00707. The molecule has 1 aromatic rings. The van der Waals surface area contributed by atoms with Crippen molar-refractivity contribution in [3.05, 3.63) is 11.8 Å². The largest absolute Gasteiger partial charge is 0.456 e. The number of nitrogen functional groups attached to an aromatic ring is 1. The van der Waals surface area contributed by atoms with E-state index in [2.05, 4.69) is 5.10 Å². The molecule has 0 radical (unpaired) electrons. The number of carbonyl (C=O) groups excluding carboxylic acids is 1. The Labute approximate surface area is 107 Å². The summed E-state index contributed by atoms with van der Waals surface area (Å²) in [4.78, 5) is 12.0. The molecular weight excluding hydrogens is 230 g/mol. The van der Waals surface area contributed by atoms with Gasteiger partial charge in [0.2, 0.25) is 0 Å². The highest BCUT2D eigenvalue weighted by molar-refractivity contribution is 5.94. The summed E-state index contributed by atoms with van der Waals surface area (Å²) in [5.74, 6) is 0.0281. The number of ether oxygens (including phenoxy) is 1. The van der Waals surface area contributed by atoms with Crippen LogP contribution in [0.1, 0.15) is 62.9 Å². The van der Waals surface area contributed by atoms with Gasteiger partial charge in [0.25, 0.3) is 0 Å². The van der Waals surface area contributed by atoms with Gasteiger partial charge in [0, 0.05) is 0 Å². The molecule has 18 heavy (non-hydrogen) atoms. The van der Waals surface area contributed by atoms with E-state index in [1.807, 2.05) is 20.8 Å². The summed E-state index contributed by atoms with van der Waals surface area (Å²) in [6, 6.07) is 0.334. The number of rotatable bonds is 2. The molecule has 2 rings (SSSR count). The van der Waals surface area contributed by atoms with Crippen LogP contribution in [0.5, 0.6) is 0 Å². The first-order valence-electron chi connectivity index (χ1n) is 6.45. The third kappa shape index (κ3) is 2.66. The van der Waals surface area contributed by atoms with Crippen LogP contribution in [0.25, 0.3) is 0 Å². The fourth-order valence-corrected chi connectivity index (χ4v) is 2.30. The molecule has 0 amide bonds. The predicted molar refractivity (Wildman–Crippen MR) is 69.3 cm³/mol. The van der Waals surface area contributed by atoms with E-state index in [0.29, 0.717) is 17.4 Å². The first-order chi connectivity index (χ1) is 8.38. The Morgan fingerprint density at radius 3 is 2.61 bits per heavy atom. The van der Waals surface area contributed by atoms with Crippen molar-refractivity contribution in [1.29, 1.82) is 0 Å². The molecule has 0 unspecified atom stereocenters. The Balaban J connectivity index is 2.17. The molecule has 100 valence electrons. The summed E-state index contributed by atoms with van der Waals surface area (Å²) >= 11 is 0. The van der Waals surface area contributed by atoms with Gasteiger partial charge in [0.05, 0.1) is 12.2 Å². The highest BCUT2D eigenvalue weighted by Gasteiger charge is 2.26. The van der Waals surface area contributed by atoms with Gasteiger partial charge >= 0.3 is 5.97 Å². The molecule has 0 saturated heterocycles. The molecule has 1 heterocycles. The van der Waals surface area contributed by atoms with Gasteiger partial charge in [-0.3, -0.25) is 0 Å². The van der Waals surface area contributed by atoms with E-state index in [1.54, 1.807) is 4.68 Å². The van der Waals surface area contributed by atoms with E-state index in [-0.39, 0.29) is 0 Å². The molecule has 1 aliphatic carbocycles. The standard InChI is InChI=1S/C13H21N3O2/c1-13(2,3)18-12(17)10-8-15-16(11(10)14)9-6-4-5-7-9/h8-9H,4-7,14H2,1-3H3. The summed E-state index contributed by atoms with van der Waals surface area (Å²) in [6.07, 6.45) is 6.08. The minimum Gasteiger partial charge on any atom is -0.456 e. The Morgan fingerprint density at radius 1 is 1.44 bits per heavy atom. The number of esters is 1. The Kier molecular flexibility index (Phi) is 3.32. The van der Waals surface area contributed by atoms with E-state index in [4.69, 9.17) is 10.5 Å². The minimum absolute atomic E-state index is 0.334. The van der Waals surface area contributed by atoms with Crippen molar-refractivity contribution in [2.45, 2.75) is 58.1 Å². The van der Waals surface area contributed by atoms with Crippen LogP contribution in [-0.2, 0) is 4.74 Å². The number of hydrogen-bond acceptors (Lipinski definition) is 4. The van der Waals surface area contributed by atoms with Crippen molar-refractivity contribution >= 4 is 11.8 Å². The van der Waals surface area contributed by atoms with Crippen molar-refractivity contribution in [1.82, 2.24) is 9.78 Å². The maximum absolute atomic E-state index is 12.0. The average molecular weight is 251 g/mol. The number of hydrogen-bond donors (Lipinski definition) is 1. The van der Waals surface area contributed by atoms with Crippen LogP contribution >= 0.6 is 0 Å².